The van der Waals surface area contributed by atoms with Gasteiger partial charge in [0.15, 0.2) is 0 Å². The first-order valence-corrected chi connectivity index (χ1v) is 8.70. The van der Waals surface area contributed by atoms with Crippen molar-refractivity contribution < 1.29 is 0 Å². The first kappa shape index (κ1) is 14.2. The normalized spacial score (nSPS) is 30.0. The van der Waals surface area contributed by atoms with Gasteiger partial charge in [0, 0.05) is 30.1 Å². The third kappa shape index (κ3) is 2.26. The summed E-state index contributed by atoms with van der Waals surface area (Å²) in [5.41, 5.74) is 8.70. The largest absolute Gasteiger partial charge is 0.368 e. The maximum atomic E-state index is 6.05. The number of fused-ring (bicyclic) bond motifs is 2. The molecular weight excluding hydrogens is 274 g/mol. The Morgan fingerprint density at radius 3 is 2.91 bits per heavy atom. The molecule has 0 amide bonds. The quantitative estimate of drug-likeness (QED) is 0.829. The summed E-state index contributed by atoms with van der Waals surface area (Å²) in [6.07, 6.45) is 6.13. The van der Waals surface area contributed by atoms with Crippen LogP contribution in [0, 0.1) is 5.92 Å². The third-order valence-corrected chi connectivity index (χ3v) is 5.77. The van der Waals surface area contributed by atoms with Gasteiger partial charge in [-0.25, -0.2) is 4.98 Å². The number of anilines is 2. The Labute approximate surface area is 132 Å². The van der Waals surface area contributed by atoms with Crippen LogP contribution in [0.2, 0.25) is 0 Å². The lowest BCUT2D eigenvalue weighted by Crippen LogP contribution is -2.40. The molecule has 5 nitrogen and oxygen atoms in total. The van der Waals surface area contributed by atoms with Gasteiger partial charge in [0.2, 0.25) is 5.95 Å². The van der Waals surface area contributed by atoms with Gasteiger partial charge < -0.3 is 16.0 Å². The molecule has 3 N–H and O–H groups in total. The molecule has 3 heterocycles. The number of nitrogen functional groups attached to an aromatic ring is 1. The molecule has 1 aromatic heterocycles. The maximum absolute atomic E-state index is 6.05. The Morgan fingerprint density at radius 1 is 1.23 bits per heavy atom. The Balaban J connectivity index is 1.72. The highest BCUT2D eigenvalue weighted by molar-refractivity contribution is 5.55. The van der Waals surface area contributed by atoms with E-state index >= 15 is 0 Å². The van der Waals surface area contributed by atoms with Gasteiger partial charge in [0.1, 0.15) is 5.82 Å². The van der Waals surface area contributed by atoms with Crippen molar-refractivity contribution in [2.45, 2.75) is 57.4 Å². The molecule has 0 bridgehead atoms. The van der Waals surface area contributed by atoms with Crippen LogP contribution in [-0.2, 0) is 11.8 Å². The van der Waals surface area contributed by atoms with E-state index in [1.165, 1.54) is 36.9 Å². The van der Waals surface area contributed by atoms with E-state index < -0.39 is 0 Å². The molecule has 0 unspecified atom stereocenters. The number of hydrogen-bond acceptors (Lipinski definition) is 5. The topological polar surface area (TPSA) is 67.1 Å². The smallest absolute Gasteiger partial charge is 0.222 e. The Morgan fingerprint density at radius 2 is 2.09 bits per heavy atom. The van der Waals surface area contributed by atoms with E-state index in [0.29, 0.717) is 12.0 Å². The van der Waals surface area contributed by atoms with Crippen LogP contribution in [0.15, 0.2) is 0 Å². The predicted molar refractivity (Wildman–Crippen MR) is 89.1 cm³/mol. The van der Waals surface area contributed by atoms with Gasteiger partial charge in [0.05, 0.1) is 5.69 Å². The number of nitrogens with zero attached hydrogens (tertiary/aromatic N) is 3. The van der Waals surface area contributed by atoms with E-state index in [2.05, 4.69) is 34.0 Å². The minimum absolute atomic E-state index is 0.115. The molecule has 0 spiro atoms. The van der Waals surface area contributed by atoms with Crippen molar-refractivity contribution in [2.75, 3.05) is 30.3 Å². The molecule has 2 aliphatic heterocycles. The van der Waals surface area contributed by atoms with Crippen LogP contribution in [0.25, 0.3) is 0 Å². The molecule has 4 rings (SSSR count). The molecule has 1 aliphatic carbocycles. The van der Waals surface area contributed by atoms with Gasteiger partial charge in [-0.3, -0.25) is 0 Å². The van der Waals surface area contributed by atoms with E-state index in [4.69, 9.17) is 5.73 Å². The van der Waals surface area contributed by atoms with E-state index in [1.54, 1.807) is 0 Å². The summed E-state index contributed by atoms with van der Waals surface area (Å²) in [4.78, 5) is 11.7. The zero-order chi connectivity index (χ0) is 15.3. The third-order valence-electron chi connectivity index (χ3n) is 5.77. The van der Waals surface area contributed by atoms with Crippen molar-refractivity contribution in [3.8, 4) is 0 Å². The van der Waals surface area contributed by atoms with Crippen molar-refractivity contribution >= 4 is 11.8 Å². The van der Waals surface area contributed by atoms with Crippen LogP contribution < -0.4 is 16.0 Å². The number of rotatable bonds is 1. The van der Waals surface area contributed by atoms with E-state index in [1.807, 2.05) is 0 Å². The number of nitrogens with one attached hydrogen (secondary N) is 1. The highest BCUT2D eigenvalue weighted by Crippen LogP contribution is 2.40. The average molecular weight is 301 g/mol. The zero-order valence-electron chi connectivity index (χ0n) is 13.7. The number of piperidine rings is 1. The minimum atomic E-state index is 0.115. The first-order valence-electron chi connectivity index (χ1n) is 8.70. The van der Waals surface area contributed by atoms with Gasteiger partial charge in [-0.2, -0.15) is 4.98 Å². The minimum Gasteiger partial charge on any atom is -0.368 e. The van der Waals surface area contributed by atoms with Crippen molar-refractivity contribution in [3.05, 3.63) is 11.3 Å². The first-order chi connectivity index (χ1) is 10.5. The number of aromatic nitrogens is 2. The number of hydrogen-bond donors (Lipinski definition) is 2. The fraction of sp³-hybridized carbons (Fsp3) is 0.765. The van der Waals surface area contributed by atoms with Crippen molar-refractivity contribution in [1.82, 2.24) is 15.3 Å². The molecule has 5 heteroatoms. The molecule has 0 aromatic carbocycles. The summed E-state index contributed by atoms with van der Waals surface area (Å²) in [7, 11) is 0. The summed E-state index contributed by atoms with van der Waals surface area (Å²) in [6, 6.07) is 0.622. The lowest BCUT2D eigenvalue weighted by atomic mass is 9.76. The summed E-state index contributed by atoms with van der Waals surface area (Å²) in [5, 5.41) is 3.68. The van der Waals surface area contributed by atoms with Crippen molar-refractivity contribution in [1.29, 1.82) is 0 Å². The van der Waals surface area contributed by atoms with Crippen LogP contribution in [0.4, 0.5) is 11.8 Å². The second-order valence-corrected chi connectivity index (χ2v) is 7.84. The molecule has 2 fully saturated rings. The standard InChI is InChI=1S/C17H27N5/c1-17(2)7-3-6-12-14(17)20-16(18)21-15(12)22-9-11-5-4-8-19-13(11)10-22/h11,13,19H,3-10H2,1-2H3,(H2,18,20,21)/t11-,13+/m1/s1. The van der Waals surface area contributed by atoms with Gasteiger partial charge in [-0.15, -0.1) is 0 Å². The summed E-state index contributed by atoms with van der Waals surface area (Å²) >= 11 is 0. The second kappa shape index (κ2) is 5.08. The van der Waals surface area contributed by atoms with Crippen LogP contribution in [0.5, 0.6) is 0 Å². The Kier molecular flexibility index (Phi) is 3.29. The van der Waals surface area contributed by atoms with Crippen LogP contribution in [0.3, 0.4) is 0 Å². The average Bonchev–Trinajstić information content (AvgIpc) is 2.91. The molecule has 0 radical (unpaired) electrons. The molecule has 2 saturated heterocycles. The van der Waals surface area contributed by atoms with Gasteiger partial charge in [-0.1, -0.05) is 13.8 Å². The van der Waals surface area contributed by atoms with E-state index in [9.17, 15) is 0 Å². The fourth-order valence-corrected chi connectivity index (χ4v) is 4.59. The summed E-state index contributed by atoms with van der Waals surface area (Å²) in [5.74, 6) is 2.32. The van der Waals surface area contributed by atoms with Gasteiger partial charge >= 0.3 is 0 Å². The summed E-state index contributed by atoms with van der Waals surface area (Å²) < 4.78 is 0. The van der Waals surface area contributed by atoms with Crippen LogP contribution in [-0.4, -0.2) is 35.6 Å². The maximum Gasteiger partial charge on any atom is 0.222 e. The summed E-state index contributed by atoms with van der Waals surface area (Å²) in [6.45, 7) is 7.90. The van der Waals surface area contributed by atoms with Gasteiger partial charge in [0.25, 0.3) is 0 Å². The second-order valence-electron chi connectivity index (χ2n) is 7.84. The van der Waals surface area contributed by atoms with E-state index in [-0.39, 0.29) is 5.41 Å². The predicted octanol–water partition coefficient (Wildman–Crippen LogP) is 1.86. The highest BCUT2D eigenvalue weighted by Gasteiger charge is 2.38. The van der Waals surface area contributed by atoms with E-state index in [0.717, 1.165) is 37.8 Å². The fourth-order valence-electron chi connectivity index (χ4n) is 4.59. The Hall–Kier alpha value is -1.36. The molecule has 120 valence electrons. The SMILES string of the molecule is CC1(C)CCCc2c(N3C[C@H]4CCCN[C@H]4C3)nc(N)nc21. The van der Waals surface area contributed by atoms with Crippen molar-refractivity contribution in [2.24, 2.45) is 5.92 Å². The molecule has 22 heavy (non-hydrogen) atoms. The zero-order valence-corrected chi connectivity index (χ0v) is 13.7. The molecular formula is C17H27N5. The number of nitrogens with two attached hydrogens (primary N) is 1. The lowest BCUT2D eigenvalue weighted by molar-refractivity contribution is 0.340. The van der Waals surface area contributed by atoms with Crippen molar-refractivity contribution in [3.63, 3.8) is 0 Å². The molecule has 0 saturated carbocycles. The molecule has 2 atom stereocenters. The Bertz CT molecular complexity index is 569. The van der Waals surface area contributed by atoms with Crippen LogP contribution >= 0.6 is 0 Å². The highest BCUT2D eigenvalue weighted by atomic mass is 15.3. The van der Waals surface area contributed by atoms with Crippen LogP contribution in [0.1, 0.15) is 50.8 Å². The lowest BCUT2D eigenvalue weighted by Gasteiger charge is -2.34. The molecule has 3 aliphatic rings. The molecule has 1 aromatic rings. The monoisotopic (exact) mass is 301 g/mol. The van der Waals surface area contributed by atoms with Gasteiger partial charge in [-0.05, 0) is 44.6 Å².